The van der Waals surface area contributed by atoms with E-state index in [0.29, 0.717) is 5.69 Å². The SMILES string of the molecule is CN(c1ccncc1)S(=O)(=O)CC1CCNCC1. The van der Waals surface area contributed by atoms with Gasteiger partial charge >= 0.3 is 0 Å². The Bertz CT molecular complexity index is 469. The number of hydrogen-bond donors (Lipinski definition) is 1. The van der Waals surface area contributed by atoms with E-state index in [1.165, 1.54) is 4.31 Å². The van der Waals surface area contributed by atoms with Crippen molar-refractivity contribution >= 4 is 15.7 Å². The highest BCUT2D eigenvalue weighted by Crippen LogP contribution is 2.20. The van der Waals surface area contributed by atoms with Crippen LogP contribution in [0.5, 0.6) is 0 Å². The number of sulfonamides is 1. The van der Waals surface area contributed by atoms with Gasteiger partial charge in [-0.15, -0.1) is 0 Å². The van der Waals surface area contributed by atoms with Crippen LogP contribution in [0, 0.1) is 5.92 Å². The van der Waals surface area contributed by atoms with Gasteiger partial charge in [0.05, 0.1) is 11.4 Å². The van der Waals surface area contributed by atoms with Crippen LogP contribution in [-0.2, 0) is 10.0 Å². The minimum absolute atomic E-state index is 0.230. The highest BCUT2D eigenvalue weighted by Gasteiger charge is 2.24. The molecule has 1 fully saturated rings. The van der Waals surface area contributed by atoms with Gasteiger partial charge in [0, 0.05) is 19.4 Å². The monoisotopic (exact) mass is 269 g/mol. The molecule has 1 aromatic rings. The summed E-state index contributed by atoms with van der Waals surface area (Å²) in [5.41, 5.74) is 0.666. The van der Waals surface area contributed by atoms with Gasteiger partial charge in [0.15, 0.2) is 0 Å². The molecule has 0 unspecified atom stereocenters. The fourth-order valence-electron chi connectivity index (χ4n) is 2.17. The number of piperidine rings is 1. The average Bonchev–Trinajstić information content (AvgIpc) is 2.39. The van der Waals surface area contributed by atoms with Crippen LogP contribution >= 0.6 is 0 Å². The van der Waals surface area contributed by atoms with Gasteiger partial charge in [0.25, 0.3) is 0 Å². The van der Waals surface area contributed by atoms with E-state index < -0.39 is 10.0 Å². The van der Waals surface area contributed by atoms with Gasteiger partial charge in [0.1, 0.15) is 0 Å². The first-order valence-corrected chi connectivity index (χ1v) is 7.78. The lowest BCUT2D eigenvalue weighted by Crippen LogP contribution is -2.36. The lowest BCUT2D eigenvalue weighted by molar-refractivity contribution is 0.401. The molecule has 1 aliphatic rings. The van der Waals surface area contributed by atoms with Gasteiger partial charge in [-0.05, 0) is 44.0 Å². The average molecular weight is 269 g/mol. The standard InChI is InChI=1S/C12H19N3O2S/c1-15(12-4-8-14-9-5-12)18(16,17)10-11-2-6-13-7-3-11/h4-5,8-9,11,13H,2-3,6-7,10H2,1H3. The molecule has 0 atom stereocenters. The molecule has 0 aliphatic carbocycles. The Balaban J connectivity index is 2.06. The highest BCUT2D eigenvalue weighted by atomic mass is 32.2. The van der Waals surface area contributed by atoms with Crippen LogP contribution in [0.1, 0.15) is 12.8 Å². The maximum atomic E-state index is 12.3. The minimum atomic E-state index is -3.24. The number of anilines is 1. The zero-order valence-corrected chi connectivity index (χ0v) is 11.4. The number of nitrogens with one attached hydrogen (secondary N) is 1. The zero-order chi connectivity index (χ0) is 13.0. The molecule has 0 bridgehead atoms. The van der Waals surface area contributed by atoms with E-state index in [1.807, 2.05) is 0 Å². The fourth-order valence-corrected chi connectivity index (χ4v) is 3.77. The second-order valence-electron chi connectivity index (χ2n) is 4.64. The molecule has 2 heterocycles. The molecule has 2 rings (SSSR count). The van der Waals surface area contributed by atoms with Gasteiger partial charge in [-0.25, -0.2) is 8.42 Å². The molecule has 0 saturated carbocycles. The van der Waals surface area contributed by atoms with Crippen LogP contribution in [0.2, 0.25) is 0 Å². The van der Waals surface area contributed by atoms with Crippen molar-refractivity contribution in [3.63, 3.8) is 0 Å². The van der Waals surface area contributed by atoms with Crippen LogP contribution < -0.4 is 9.62 Å². The summed E-state index contributed by atoms with van der Waals surface area (Å²) in [6.45, 7) is 1.83. The molecule has 18 heavy (non-hydrogen) atoms. The van der Waals surface area contributed by atoms with E-state index in [9.17, 15) is 8.42 Å². The van der Waals surface area contributed by atoms with E-state index in [1.54, 1.807) is 31.6 Å². The molecule has 1 N–H and O–H groups in total. The summed E-state index contributed by atoms with van der Waals surface area (Å²) >= 11 is 0. The molecule has 0 radical (unpaired) electrons. The third-order valence-electron chi connectivity index (χ3n) is 3.35. The molecule has 5 nitrogen and oxygen atoms in total. The summed E-state index contributed by atoms with van der Waals surface area (Å²) in [5, 5.41) is 3.24. The van der Waals surface area contributed by atoms with E-state index >= 15 is 0 Å². The normalized spacial score (nSPS) is 17.6. The maximum Gasteiger partial charge on any atom is 0.235 e. The van der Waals surface area contributed by atoms with Crippen molar-refractivity contribution in [1.29, 1.82) is 0 Å². The van der Waals surface area contributed by atoms with Gasteiger partial charge < -0.3 is 5.32 Å². The number of rotatable bonds is 4. The smallest absolute Gasteiger partial charge is 0.235 e. The van der Waals surface area contributed by atoms with Crippen LogP contribution in [0.15, 0.2) is 24.5 Å². The Morgan fingerprint density at radius 1 is 1.33 bits per heavy atom. The Kier molecular flexibility index (Phi) is 4.19. The molecular formula is C12H19N3O2S. The molecule has 1 saturated heterocycles. The Hall–Kier alpha value is -1.14. The number of nitrogens with zero attached hydrogens (tertiary/aromatic N) is 2. The largest absolute Gasteiger partial charge is 0.317 e. The zero-order valence-electron chi connectivity index (χ0n) is 10.5. The van der Waals surface area contributed by atoms with Gasteiger partial charge in [-0.3, -0.25) is 9.29 Å². The van der Waals surface area contributed by atoms with E-state index in [-0.39, 0.29) is 11.7 Å². The minimum Gasteiger partial charge on any atom is -0.317 e. The number of aromatic nitrogens is 1. The highest BCUT2D eigenvalue weighted by molar-refractivity contribution is 7.92. The van der Waals surface area contributed by atoms with Crippen molar-refractivity contribution in [2.24, 2.45) is 5.92 Å². The van der Waals surface area contributed by atoms with E-state index in [2.05, 4.69) is 10.3 Å². The van der Waals surface area contributed by atoms with Crippen LogP contribution in [0.25, 0.3) is 0 Å². The lowest BCUT2D eigenvalue weighted by Gasteiger charge is -2.26. The van der Waals surface area contributed by atoms with Crippen LogP contribution in [-0.4, -0.2) is 39.3 Å². The summed E-state index contributed by atoms with van der Waals surface area (Å²) < 4.78 is 25.9. The third-order valence-corrected chi connectivity index (χ3v) is 5.29. The molecule has 0 spiro atoms. The first-order valence-electron chi connectivity index (χ1n) is 6.17. The molecule has 100 valence electrons. The first kappa shape index (κ1) is 13.3. The number of hydrogen-bond acceptors (Lipinski definition) is 4. The third kappa shape index (κ3) is 3.20. The molecular weight excluding hydrogens is 250 g/mol. The first-order chi connectivity index (χ1) is 8.59. The fraction of sp³-hybridized carbons (Fsp3) is 0.583. The lowest BCUT2D eigenvalue weighted by atomic mass is 10.0. The maximum absolute atomic E-state index is 12.3. The molecule has 1 aromatic heterocycles. The van der Waals surface area contributed by atoms with Gasteiger partial charge in [-0.2, -0.15) is 0 Å². The predicted octanol–water partition coefficient (Wildman–Crippen LogP) is 0.847. The van der Waals surface area contributed by atoms with Crippen molar-refractivity contribution < 1.29 is 8.42 Å². The topological polar surface area (TPSA) is 62.3 Å². The Morgan fingerprint density at radius 3 is 2.56 bits per heavy atom. The molecule has 0 amide bonds. The Morgan fingerprint density at radius 2 is 1.94 bits per heavy atom. The van der Waals surface area contributed by atoms with E-state index in [4.69, 9.17) is 0 Å². The summed E-state index contributed by atoms with van der Waals surface area (Å²) in [7, 11) is -1.63. The molecule has 6 heteroatoms. The molecule has 0 aromatic carbocycles. The number of pyridine rings is 1. The summed E-state index contributed by atoms with van der Waals surface area (Å²) in [4.78, 5) is 3.90. The van der Waals surface area contributed by atoms with Crippen molar-refractivity contribution in [1.82, 2.24) is 10.3 Å². The predicted molar refractivity (Wildman–Crippen MR) is 72.0 cm³/mol. The van der Waals surface area contributed by atoms with Crippen molar-refractivity contribution in [3.8, 4) is 0 Å². The Labute approximate surface area is 108 Å². The molecule has 1 aliphatic heterocycles. The quantitative estimate of drug-likeness (QED) is 0.880. The second-order valence-corrected chi connectivity index (χ2v) is 6.69. The van der Waals surface area contributed by atoms with Crippen LogP contribution in [0.4, 0.5) is 5.69 Å². The summed E-state index contributed by atoms with van der Waals surface area (Å²) in [5.74, 6) is 0.494. The summed E-state index contributed by atoms with van der Waals surface area (Å²) in [6, 6.07) is 3.42. The summed E-state index contributed by atoms with van der Waals surface area (Å²) in [6.07, 6.45) is 5.07. The van der Waals surface area contributed by atoms with Gasteiger partial charge in [0.2, 0.25) is 10.0 Å². The second kappa shape index (κ2) is 5.67. The van der Waals surface area contributed by atoms with Crippen LogP contribution in [0.3, 0.4) is 0 Å². The van der Waals surface area contributed by atoms with Crippen molar-refractivity contribution in [2.45, 2.75) is 12.8 Å². The van der Waals surface area contributed by atoms with Crippen molar-refractivity contribution in [3.05, 3.63) is 24.5 Å². The van der Waals surface area contributed by atoms with E-state index in [0.717, 1.165) is 25.9 Å². The van der Waals surface area contributed by atoms with Crippen molar-refractivity contribution in [2.75, 3.05) is 30.2 Å². The van der Waals surface area contributed by atoms with Gasteiger partial charge in [-0.1, -0.05) is 0 Å².